The average molecular weight is 576 g/mol. The Morgan fingerprint density at radius 1 is 1.20 bits per heavy atom. The topological polar surface area (TPSA) is 149 Å². The van der Waals surface area contributed by atoms with Crippen molar-refractivity contribution in [1.29, 1.82) is 5.26 Å². The van der Waals surface area contributed by atoms with Crippen LogP contribution in [0, 0.1) is 11.3 Å². The van der Waals surface area contributed by atoms with Gasteiger partial charge in [0, 0.05) is 46.9 Å². The van der Waals surface area contributed by atoms with Gasteiger partial charge < -0.3 is 19.5 Å². The molecule has 41 heavy (non-hydrogen) atoms. The standard InChI is InChI=1S/C29H30N5O6P/c1-7-27(35)33-22-11-20(12-24(14-22)38-6)21-13-25-26(19-8-9-31-23(10-19)15-30)17-34(28(25)32-16-21)18(2)39-41(36,37)40-29(3,4)5/h7-14,16-18H,1H2,2-6H3,(H,33,35)(H,36,37). The molecular weight excluding hydrogens is 545 g/mol. The van der Waals surface area contributed by atoms with Crippen molar-refractivity contribution < 1.29 is 28.0 Å². The van der Waals surface area contributed by atoms with E-state index in [0.29, 0.717) is 44.7 Å². The maximum atomic E-state index is 12.7. The van der Waals surface area contributed by atoms with Crippen LogP contribution in [0.5, 0.6) is 5.75 Å². The number of fused-ring (bicyclic) bond motifs is 1. The normalized spacial score (nSPS) is 13.7. The second-order valence-electron chi connectivity index (χ2n) is 10.1. The van der Waals surface area contributed by atoms with E-state index in [1.54, 1.807) is 75.0 Å². The Kier molecular flexibility index (Phi) is 8.42. The molecule has 0 aliphatic heterocycles. The first-order valence-electron chi connectivity index (χ1n) is 12.5. The summed E-state index contributed by atoms with van der Waals surface area (Å²) in [7, 11) is -2.91. The molecule has 3 aromatic heterocycles. The molecule has 0 spiro atoms. The fourth-order valence-electron chi connectivity index (χ4n) is 4.22. The molecule has 4 aromatic rings. The number of anilines is 1. The predicted octanol–water partition coefficient (Wildman–Crippen LogP) is 6.22. The number of rotatable bonds is 9. The van der Waals surface area contributed by atoms with E-state index in [1.807, 2.05) is 12.1 Å². The van der Waals surface area contributed by atoms with Gasteiger partial charge in [-0.3, -0.25) is 13.8 Å². The number of hydrogen-bond acceptors (Lipinski definition) is 8. The highest BCUT2D eigenvalue weighted by molar-refractivity contribution is 7.47. The van der Waals surface area contributed by atoms with Crippen LogP contribution < -0.4 is 10.1 Å². The molecule has 11 nitrogen and oxygen atoms in total. The molecule has 0 saturated heterocycles. The number of nitriles is 1. The van der Waals surface area contributed by atoms with E-state index < -0.39 is 19.7 Å². The third kappa shape index (κ3) is 7.06. The lowest BCUT2D eigenvalue weighted by atomic mass is 10.0. The summed E-state index contributed by atoms with van der Waals surface area (Å²) in [6.45, 7) is 10.1. The number of carbonyl (C=O) groups excluding carboxylic acids is 1. The fraction of sp³-hybridized carbons (Fsp3) is 0.241. The van der Waals surface area contributed by atoms with E-state index in [0.717, 1.165) is 0 Å². The van der Waals surface area contributed by atoms with E-state index in [2.05, 4.69) is 21.9 Å². The third-order valence-corrected chi connectivity index (χ3v) is 7.20. The monoisotopic (exact) mass is 575 g/mol. The molecule has 1 aromatic carbocycles. The van der Waals surface area contributed by atoms with Gasteiger partial charge >= 0.3 is 7.82 Å². The Labute approximate surface area is 237 Å². The second-order valence-corrected chi connectivity index (χ2v) is 11.4. The lowest BCUT2D eigenvalue weighted by Gasteiger charge is -2.25. The van der Waals surface area contributed by atoms with Gasteiger partial charge in [-0.25, -0.2) is 14.5 Å². The van der Waals surface area contributed by atoms with Crippen LogP contribution in [0.25, 0.3) is 33.3 Å². The quantitative estimate of drug-likeness (QED) is 0.175. The Morgan fingerprint density at radius 3 is 2.61 bits per heavy atom. The minimum Gasteiger partial charge on any atom is -0.497 e. The molecule has 2 N–H and O–H groups in total. The second kappa shape index (κ2) is 11.6. The van der Waals surface area contributed by atoms with Crippen LogP contribution in [-0.4, -0.2) is 38.0 Å². The molecular formula is C29H30N5O6P. The number of amides is 1. The summed E-state index contributed by atoms with van der Waals surface area (Å²) in [6, 6.07) is 12.6. The maximum Gasteiger partial charge on any atom is 0.474 e. The third-order valence-electron chi connectivity index (χ3n) is 5.85. The zero-order valence-corrected chi connectivity index (χ0v) is 24.2. The minimum absolute atomic E-state index is 0.227. The van der Waals surface area contributed by atoms with Gasteiger partial charge in [0.05, 0.1) is 12.7 Å². The number of methoxy groups -OCH3 is 1. The summed E-state index contributed by atoms with van der Waals surface area (Å²) >= 11 is 0. The lowest BCUT2D eigenvalue weighted by molar-refractivity contribution is -0.111. The molecule has 0 saturated carbocycles. The van der Waals surface area contributed by atoms with Crippen molar-refractivity contribution in [1.82, 2.24) is 14.5 Å². The average Bonchev–Trinajstić information content (AvgIpc) is 3.30. The number of ether oxygens (including phenoxy) is 1. The Morgan fingerprint density at radius 2 is 1.95 bits per heavy atom. The van der Waals surface area contributed by atoms with Crippen LogP contribution in [0.1, 0.15) is 39.6 Å². The van der Waals surface area contributed by atoms with Crippen molar-refractivity contribution in [3.63, 3.8) is 0 Å². The van der Waals surface area contributed by atoms with Gasteiger partial charge in [-0.2, -0.15) is 5.26 Å². The van der Waals surface area contributed by atoms with Gasteiger partial charge in [0.25, 0.3) is 0 Å². The number of aromatic nitrogens is 3. The molecule has 0 fully saturated rings. The summed E-state index contributed by atoms with van der Waals surface area (Å²) in [4.78, 5) is 31.0. The van der Waals surface area contributed by atoms with Crippen LogP contribution in [0.2, 0.25) is 0 Å². The van der Waals surface area contributed by atoms with E-state index in [1.165, 1.54) is 19.4 Å². The van der Waals surface area contributed by atoms with Gasteiger partial charge in [-0.1, -0.05) is 6.58 Å². The first-order valence-corrected chi connectivity index (χ1v) is 14.0. The molecule has 212 valence electrons. The molecule has 0 aliphatic carbocycles. The highest BCUT2D eigenvalue weighted by Gasteiger charge is 2.32. The van der Waals surface area contributed by atoms with Gasteiger partial charge in [0.1, 0.15) is 29.4 Å². The molecule has 3 heterocycles. The molecule has 4 rings (SSSR count). The van der Waals surface area contributed by atoms with Crippen molar-refractivity contribution in [3.05, 3.63) is 73.3 Å². The molecule has 0 bridgehead atoms. The van der Waals surface area contributed by atoms with Crippen molar-refractivity contribution in [2.75, 3.05) is 12.4 Å². The molecule has 2 atom stereocenters. The summed E-state index contributed by atoms with van der Waals surface area (Å²) in [5.41, 5.74) is 3.09. The van der Waals surface area contributed by atoms with Gasteiger partial charge in [-0.15, -0.1) is 0 Å². The van der Waals surface area contributed by atoms with Crippen molar-refractivity contribution in [2.24, 2.45) is 0 Å². The van der Waals surface area contributed by atoms with Crippen molar-refractivity contribution >= 4 is 30.5 Å². The summed E-state index contributed by atoms with van der Waals surface area (Å²) in [6.07, 6.45) is 5.14. The zero-order chi connectivity index (χ0) is 29.9. The van der Waals surface area contributed by atoms with E-state index in [4.69, 9.17) is 13.8 Å². The van der Waals surface area contributed by atoms with Crippen molar-refractivity contribution in [2.45, 2.75) is 39.5 Å². The number of nitrogens with one attached hydrogen (secondary N) is 1. The largest absolute Gasteiger partial charge is 0.497 e. The van der Waals surface area contributed by atoms with E-state index in [-0.39, 0.29) is 11.6 Å². The fourth-order valence-corrected chi connectivity index (χ4v) is 5.44. The van der Waals surface area contributed by atoms with Crippen molar-refractivity contribution in [3.8, 4) is 34.1 Å². The molecule has 0 radical (unpaired) electrons. The minimum atomic E-state index is -4.43. The van der Waals surface area contributed by atoms with Crippen LogP contribution in [0.3, 0.4) is 0 Å². The summed E-state index contributed by atoms with van der Waals surface area (Å²) in [5.74, 6) is 0.154. The lowest BCUT2D eigenvalue weighted by Crippen LogP contribution is -2.19. The Hall–Kier alpha value is -4.33. The first-order chi connectivity index (χ1) is 19.3. The summed E-state index contributed by atoms with van der Waals surface area (Å²) < 4.78 is 30.5. The van der Waals surface area contributed by atoms with Crippen LogP contribution in [-0.2, 0) is 18.4 Å². The number of hydrogen-bond donors (Lipinski definition) is 2. The number of nitrogens with zero attached hydrogens (tertiary/aromatic N) is 4. The number of phosphoric acid groups is 1. The highest BCUT2D eigenvalue weighted by Crippen LogP contribution is 2.50. The van der Waals surface area contributed by atoms with Gasteiger partial charge in [-0.05, 0) is 75.2 Å². The first kappa shape index (κ1) is 29.6. The number of phosphoric ester groups is 1. The van der Waals surface area contributed by atoms with Crippen LogP contribution in [0.4, 0.5) is 5.69 Å². The predicted molar refractivity (Wildman–Crippen MR) is 155 cm³/mol. The van der Waals surface area contributed by atoms with E-state index >= 15 is 0 Å². The number of benzene rings is 1. The van der Waals surface area contributed by atoms with Gasteiger partial charge in [0.15, 0.2) is 0 Å². The molecule has 2 unspecified atom stereocenters. The molecule has 0 aliphatic rings. The summed E-state index contributed by atoms with van der Waals surface area (Å²) in [5, 5.41) is 12.8. The van der Waals surface area contributed by atoms with Gasteiger partial charge in [0.2, 0.25) is 5.91 Å². The Bertz CT molecular complexity index is 1720. The maximum absolute atomic E-state index is 12.7. The smallest absolute Gasteiger partial charge is 0.474 e. The van der Waals surface area contributed by atoms with Crippen LogP contribution >= 0.6 is 7.82 Å². The van der Waals surface area contributed by atoms with E-state index in [9.17, 15) is 19.5 Å². The Balaban J connectivity index is 1.87. The SMILES string of the molecule is C=CC(=O)Nc1cc(OC)cc(-c2cnc3c(c2)c(-c2ccnc(C#N)c2)cn3C(C)OP(=O)(O)OC(C)(C)C)c1. The zero-order valence-electron chi connectivity index (χ0n) is 23.3. The number of carbonyl (C=O) groups is 1. The van der Waals surface area contributed by atoms with Crippen LogP contribution in [0.15, 0.2) is 67.6 Å². The molecule has 12 heteroatoms. The number of pyridine rings is 2. The highest BCUT2D eigenvalue weighted by atomic mass is 31.2. The molecule has 1 amide bonds.